The Hall–Kier alpha value is -4.02. The van der Waals surface area contributed by atoms with Crippen LogP contribution in [0.5, 0.6) is 11.5 Å². The molecule has 6 atom stereocenters. The minimum atomic E-state index is -0.886. The number of aliphatic hydroxyl groups excluding tert-OH is 1. The molecule has 3 heterocycles. The van der Waals surface area contributed by atoms with Gasteiger partial charge in [-0.05, 0) is 73.9 Å². The summed E-state index contributed by atoms with van der Waals surface area (Å²) < 4.78 is 9.96. The molecule has 3 aliphatic heterocycles. The van der Waals surface area contributed by atoms with Crippen LogP contribution < -0.4 is 20.1 Å². The number of rotatable bonds is 10. The number of anilines is 2. The lowest BCUT2D eigenvalue weighted by atomic mass is 9.70. The van der Waals surface area contributed by atoms with Gasteiger partial charge in [0.2, 0.25) is 17.7 Å². The van der Waals surface area contributed by atoms with Gasteiger partial charge in [0.15, 0.2) is 0 Å². The van der Waals surface area contributed by atoms with Crippen LogP contribution in [0.15, 0.2) is 78.9 Å². The Morgan fingerprint density at radius 3 is 2.21 bits per heavy atom. The fourth-order valence-electron chi connectivity index (χ4n) is 6.97. The van der Waals surface area contributed by atoms with Gasteiger partial charge in [-0.3, -0.25) is 14.4 Å². The highest BCUT2D eigenvalue weighted by Crippen LogP contribution is 2.67. The first kappa shape index (κ1) is 29.1. The van der Waals surface area contributed by atoms with Gasteiger partial charge < -0.3 is 30.1 Å². The SMILES string of the molecule is CCOc1ccc(NC(=O)[C@@H]2[C@@H]3CCC4(S3)C(C(=O)Nc3ccc(OC)cc3)N([C@H](CO)c3ccccc3)C(=O)[C@H]24)cc1. The molecule has 3 aliphatic rings. The summed E-state index contributed by atoms with van der Waals surface area (Å²) in [5, 5.41) is 16.6. The first-order chi connectivity index (χ1) is 20.9. The number of benzene rings is 3. The Kier molecular flexibility index (Phi) is 8.07. The molecule has 9 nitrogen and oxygen atoms in total. The van der Waals surface area contributed by atoms with E-state index in [1.165, 1.54) is 0 Å². The number of carbonyl (C=O) groups is 3. The van der Waals surface area contributed by atoms with E-state index >= 15 is 0 Å². The van der Waals surface area contributed by atoms with Crippen molar-refractivity contribution in [1.82, 2.24) is 4.90 Å². The molecule has 3 saturated heterocycles. The standard InChI is InChI=1S/C33H35N3O6S/c1-3-42-24-15-11-21(12-16-24)34-30(38)27-26-17-18-33(43-26)28(27)32(40)36(25(19-37)20-7-5-4-6-8-20)29(33)31(39)35-22-9-13-23(41-2)14-10-22/h4-16,25-29,37H,3,17-19H2,1-2H3,(H,34,38)(H,35,39)/t25-,26+,27-,28+,29?,33?/m1/s1. The number of hydrogen-bond acceptors (Lipinski definition) is 7. The third-order valence-corrected chi connectivity index (χ3v) is 10.7. The average molecular weight is 602 g/mol. The molecule has 0 saturated carbocycles. The van der Waals surface area contributed by atoms with Gasteiger partial charge in [0.1, 0.15) is 17.5 Å². The molecule has 43 heavy (non-hydrogen) atoms. The molecule has 0 radical (unpaired) electrons. The summed E-state index contributed by atoms with van der Waals surface area (Å²) in [6, 6.07) is 21.8. The number of hydrogen-bond donors (Lipinski definition) is 3. The van der Waals surface area contributed by atoms with Gasteiger partial charge in [-0.1, -0.05) is 30.3 Å². The van der Waals surface area contributed by atoms with Gasteiger partial charge in [0.05, 0.1) is 42.9 Å². The van der Waals surface area contributed by atoms with Crippen molar-refractivity contribution in [2.75, 3.05) is 31.0 Å². The van der Waals surface area contributed by atoms with E-state index in [4.69, 9.17) is 9.47 Å². The molecule has 2 bridgehead atoms. The molecular weight excluding hydrogens is 566 g/mol. The van der Waals surface area contributed by atoms with Gasteiger partial charge in [-0.2, -0.15) is 0 Å². The normalized spacial score (nSPS) is 26.1. The third-order valence-electron chi connectivity index (χ3n) is 8.77. The Bertz CT molecular complexity index is 1480. The predicted octanol–water partition coefficient (Wildman–Crippen LogP) is 4.50. The Morgan fingerprint density at radius 1 is 0.977 bits per heavy atom. The van der Waals surface area contributed by atoms with Gasteiger partial charge in [0.25, 0.3) is 0 Å². The molecule has 3 fully saturated rings. The number of aliphatic hydroxyl groups is 1. The number of fused-ring (bicyclic) bond motifs is 1. The Labute approximate surface area is 254 Å². The average Bonchev–Trinajstić information content (AvgIpc) is 3.67. The number of methoxy groups -OCH3 is 1. The van der Waals surface area contributed by atoms with Crippen molar-refractivity contribution in [2.24, 2.45) is 11.8 Å². The van der Waals surface area contributed by atoms with Crippen LogP contribution in [0.4, 0.5) is 11.4 Å². The molecule has 3 aromatic rings. The second kappa shape index (κ2) is 11.9. The number of amides is 3. The largest absolute Gasteiger partial charge is 0.497 e. The van der Waals surface area contributed by atoms with E-state index in [0.717, 1.165) is 5.56 Å². The van der Waals surface area contributed by atoms with Crippen molar-refractivity contribution in [3.63, 3.8) is 0 Å². The number of thioether (sulfide) groups is 1. The topological polar surface area (TPSA) is 117 Å². The van der Waals surface area contributed by atoms with E-state index in [1.54, 1.807) is 72.3 Å². The van der Waals surface area contributed by atoms with Crippen molar-refractivity contribution in [3.8, 4) is 11.5 Å². The van der Waals surface area contributed by atoms with Crippen LogP contribution in [0.3, 0.4) is 0 Å². The Morgan fingerprint density at radius 2 is 1.60 bits per heavy atom. The molecule has 224 valence electrons. The zero-order valence-corrected chi connectivity index (χ0v) is 24.9. The molecular formula is C33H35N3O6S. The maximum Gasteiger partial charge on any atom is 0.248 e. The van der Waals surface area contributed by atoms with Crippen LogP contribution in [-0.2, 0) is 14.4 Å². The van der Waals surface area contributed by atoms with Gasteiger partial charge in [-0.25, -0.2) is 0 Å². The summed E-state index contributed by atoms with van der Waals surface area (Å²) in [6.07, 6.45) is 1.33. The Balaban J connectivity index is 1.34. The van der Waals surface area contributed by atoms with E-state index in [2.05, 4.69) is 10.6 Å². The zero-order chi connectivity index (χ0) is 30.1. The van der Waals surface area contributed by atoms with E-state index in [-0.39, 0.29) is 29.6 Å². The van der Waals surface area contributed by atoms with E-state index in [9.17, 15) is 19.5 Å². The minimum Gasteiger partial charge on any atom is -0.497 e. The van der Waals surface area contributed by atoms with Gasteiger partial charge >= 0.3 is 0 Å². The fraction of sp³-hybridized carbons (Fsp3) is 0.364. The van der Waals surface area contributed by atoms with Crippen LogP contribution in [0.25, 0.3) is 0 Å². The highest BCUT2D eigenvalue weighted by Gasteiger charge is 2.74. The van der Waals surface area contributed by atoms with E-state index in [0.29, 0.717) is 42.3 Å². The molecule has 0 aliphatic carbocycles. The van der Waals surface area contributed by atoms with Crippen molar-refractivity contribution in [3.05, 3.63) is 84.4 Å². The molecule has 2 unspecified atom stereocenters. The van der Waals surface area contributed by atoms with Crippen LogP contribution in [0, 0.1) is 11.8 Å². The highest BCUT2D eigenvalue weighted by atomic mass is 32.2. The van der Waals surface area contributed by atoms with Crippen molar-refractivity contribution in [2.45, 2.75) is 41.8 Å². The molecule has 3 amide bonds. The van der Waals surface area contributed by atoms with Gasteiger partial charge in [-0.15, -0.1) is 11.8 Å². The smallest absolute Gasteiger partial charge is 0.248 e. The first-order valence-corrected chi connectivity index (χ1v) is 15.4. The molecule has 1 spiro atoms. The molecule has 10 heteroatoms. The number of ether oxygens (including phenoxy) is 2. The lowest BCUT2D eigenvalue weighted by Gasteiger charge is -2.37. The van der Waals surface area contributed by atoms with Crippen LogP contribution in [-0.4, -0.2) is 64.1 Å². The highest BCUT2D eigenvalue weighted by molar-refractivity contribution is 8.02. The number of nitrogens with one attached hydrogen (secondary N) is 2. The van der Waals surface area contributed by atoms with Crippen LogP contribution in [0.2, 0.25) is 0 Å². The second-order valence-electron chi connectivity index (χ2n) is 11.1. The van der Waals surface area contributed by atoms with Crippen LogP contribution in [0.1, 0.15) is 31.4 Å². The fourth-order valence-corrected chi connectivity index (χ4v) is 9.17. The quantitative estimate of drug-likeness (QED) is 0.313. The zero-order valence-electron chi connectivity index (χ0n) is 24.1. The summed E-state index contributed by atoms with van der Waals surface area (Å²) >= 11 is 1.58. The van der Waals surface area contributed by atoms with E-state index < -0.39 is 28.7 Å². The summed E-state index contributed by atoms with van der Waals surface area (Å²) in [5.74, 6) is -0.811. The summed E-state index contributed by atoms with van der Waals surface area (Å²) in [7, 11) is 1.57. The molecule has 3 N–H and O–H groups in total. The van der Waals surface area contributed by atoms with Crippen molar-refractivity contribution >= 4 is 40.9 Å². The molecule has 6 rings (SSSR count). The van der Waals surface area contributed by atoms with E-state index in [1.807, 2.05) is 37.3 Å². The number of carbonyl (C=O) groups excluding carboxylic acids is 3. The number of likely N-dealkylation sites (tertiary alicyclic amines) is 1. The van der Waals surface area contributed by atoms with Crippen molar-refractivity contribution in [1.29, 1.82) is 0 Å². The summed E-state index contributed by atoms with van der Waals surface area (Å²) in [5.41, 5.74) is 1.91. The monoisotopic (exact) mass is 601 g/mol. The first-order valence-electron chi connectivity index (χ1n) is 14.5. The minimum absolute atomic E-state index is 0.0978. The second-order valence-corrected chi connectivity index (χ2v) is 12.7. The maximum atomic E-state index is 14.5. The van der Waals surface area contributed by atoms with Gasteiger partial charge in [0, 0.05) is 16.6 Å². The summed E-state index contributed by atoms with van der Waals surface area (Å²) in [4.78, 5) is 44.1. The molecule has 3 aromatic carbocycles. The maximum absolute atomic E-state index is 14.5. The lowest BCUT2D eigenvalue weighted by Crippen LogP contribution is -2.52. The third kappa shape index (κ3) is 5.12. The van der Waals surface area contributed by atoms with Crippen molar-refractivity contribution < 1.29 is 29.0 Å². The predicted molar refractivity (Wildman–Crippen MR) is 165 cm³/mol. The number of nitrogens with zero attached hydrogens (tertiary/aromatic N) is 1. The summed E-state index contributed by atoms with van der Waals surface area (Å²) in [6.45, 7) is 2.09. The molecule has 0 aromatic heterocycles. The lowest BCUT2D eigenvalue weighted by molar-refractivity contribution is -0.141. The van der Waals surface area contributed by atoms with Crippen LogP contribution >= 0.6 is 11.8 Å².